The summed E-state index contributed by atoms with van der Waals surface area (Å²) in [5.41, 5.74) is 0. The summed E-state index contributed by atoms with van der Waals surface area (Å²) in [6.45, 7) is 2.27. The van der Waals surface area contributed by atoms with Crippen LogP contribution in [-0.4, -0.2) is 46.5 Å². The van der Waals surface area contributed by atoms with Crippen LogP contribution in [0.4, 0.5) is 0 Å². The maximum absolute atomic E-state index is 11.0. The summed E-state index contributed by atoms with van der Waals surface area (Å²) >= 11 is 0. The van der Waals surface area contributed by atoms with Crippen molar-refractivity contribution in [1.29, 1.82) is 0 Å². The quantitative estimate of drug-likeness (QED) is 0.366. The molecule has 1 fully saturated rings. The topological polar surface area (TPSA) is 34.1 Å². The van der Waals surface area contributed by atoms with Gasteiger partial charge in [0.05, 0.1) is 0 Å². The van der Waals surface area contributed by atoms with Gasteiger partial charge in [0, 0.05) is 0 Å². The molecular weight excluding hydrogens is 166 g/mol. The summed E-state index contributed by atoms with van der Waals surface area (Å²) in [7, 11) is -1.41. The summed E-state index contributed by atoms with van der Waals surface area (Å²) in [6.07, 6.45) is 1.94. The van der Waals surface area contributed by atoms with Crippen LogP contribution in [0.25, 0.3) is 0 Å². The second-order valence-electron chi connectivity index (χ2n) is 3.82. The van der Waals surface area contributed by atoms with E-state index in [2.05, 4.69) is 14.2 Å². The van der Waals surface area contributed by atoms with Crippen molar-refractivity contribution >= 4 is 24.5 Å². The van der Waals surface area contributed by atoms with Crippen molar-refractivity contribution in [2.24, 2.45) is 0 Å². The molecule has 0 aromatic heterocycles. The van der Waals surface area contributed by atoms with Gasteiger partial charge in [-0.1, -0.05) is 0 Å². The van der Waals surface area contributed by atoms with E-state index in [9.17, 15) is 8.42 Å². The Balaban J connectivity index is 2.63. The number of hydrogen-bond acceptors (Lipinski definition) is 2. The van der Waals surface area contributed by atoms with E-state index in [1.54, 1.807) is 0 Å². The summed E-state index contributed by atoms with van der Waals surface area (Å²) in [4.78, 5) is 0. The molecule has 2 nitrogen and oxygen atoms in total. The van der Waals surface area contributed by atoms with Gasteiger partial charge in [-0.25, -0.2) is 0 Å². The minimum absolute atomic E-state index is 0.451. The number of rotatable bonds is 0. The van der Waals surface area contributed by atoms with Crippen molar-refractivity contribution in [2.75, 3.05) is 30.5 Å². The molecule has 0 saturated carbocycles. The van der Waals surface area contributed by atoms with Gasteiger partial charge in [0.2, 0.25) is 0 Å². The molecule has 10 heavy (non-hydrogen) atoms. The van der Waals surface area contributed by atoms with Crippen molar-refractivity contribution in [3.05, 3.63) is 0 Å². The first kappa shape index (κ1) is 8.54. The molecule has 5 heteroatoms. The van der Waals surface area contributed by atoms with Crippen molar-refractivity contribution in [1.82, 2.24) is 0 Å². The zero-order chi connectivity index (χ0) is 7.83. The third-order valence-electron chi connectivity index (χ3n) is 2.18. The summed E-state index contributed by atoms with van der Waals surface area (Å²) in [6, 6.07) is 0. The molecule has 0 aliphatic carbocycles. The van der Waals surface area contributed by atoms with E-state index in [0.717, 1.165) is 12.3 Å². The zero-order valence-electron chi connectivity index (χ0n) is 6.55. The van der Waals surface area contributed by atoms with Crippen LogP contribution in [0.5, 0.6) is 0 Å². The van der Waals surface area contributed by atoms with Crippen molar-refractivity contribution < 1.29 is 8.42 Å². The van der Waals surface area contributed by atoms with Gasteiger partial charge >= 0.3 is 63.5 Å². The van der Waals surface area contributed by atoms with E-state index in [1.807, 2.05) is 0 Å². The molecule has 0 radical (unpaired) electrons. The molecule has 0 aromatic carbocycles. The van der Waals surface area contributed by atoms with Gasteiger partial charge in [0.25, 0.3) is 0 Å². The molecule has 0 atom stereocenters. The summed E-state index contributed by atoms with van der Waals surface area (Å²) < 4.78 is 21.9. The summed E-state index contributed by atoms with van der Waals surface area (Å²) in [5.74, 6) is 0.901. The van der Waals surface area contributed by atoms with E-state index >= 15 is 0 Å². The number of sulfone groups is 1. The van der Waals surface area contributed by atoms with Gasteiger partial charge in [-0.15, -0.1) is 0 Å². The predicted molar refractivity (Wildman–Crippen MR) is 51.2 cm³/mol. The van der Waals surface area contributed by atoms with Gasteiger partial charge in [-0.05, 0) is 0 Å². The Morgan fingerprint density at radius 3 is 2.00 bits per heavy atom. The van der Waals surface area contributed by atoms with Gasteiger partial charge in [0.1, 0.15) is 0 Å². The van der Waals surface area contributed by atoms with Gasteiger partial charge < -0.3 is 0 Å². The standard InChI is InChI=1S/C5H14BO2PS/c1-9(6)2-4-10(7,8)5-3-9/h9H,2-6H2,1H3. The van der Waals surface area contributed by atoms with E-state index in [4.69, 9.17) is 0 Å². The fourth-order valence-electron chi connectivity index (χ4n) is 1.09. The van der Waals surface area contributed by atoms with Crippen molar-refractivity contribution in [2.45, 2.75) is 0 Å². The monoisotopic (exact) mass is 180 g/mol. The van der Waals surface area contributed by atoms with Crippen molar-refractivity contribution in [3.63, 3.8) is 0 Å². The Labute approximate surface area is 64.0 Å². The molecule has 0 aromatic rings. The molecule has 1 aliphatic heterocycles. The van der Waals surface area contributed by atoms with Crippen LogP contribution >= 0.6 is 7.14 Å². The van der Waals surface area contributed by atoms with Crippen LogP contribution in [-0.2, 0) is 9.84 Å². The molecular formula is C5H14BO2PS. The number of hydrogen-bond donors (Lipinski definition) is 0. The van der Waals surface area contributed by atoms with Crippen LogP contribution in [0.1, 0.15) is 0 Å². The average molecular weight is 180 g/mol. The Hall–Kier alpha value is 0.445. The fourth-order valence-corrected chi connectivity index (χ4v) is 8.45. The molecule has 0 unspecified atom stereocenters. The molecule has 0 N–H and O–H groups in total. The first-order valence-electron chi connectivity index (χ1n) is 3.62. The molecule has 1 rings (SSSR count). The predicted octanol–water partition coefficient (Wildman–Crippen LogP) is -0.657. The van der Waals surface area contributed by atoms with E-state index in [-0.39, 0.29) is 0 Å². The second kappa shape index (κ2) is 2.49. The minimum atomic E-state index is -2.62. The Bertz CT molecular complexity index is 206. The molecule has 1 heterocycles. The Morgan fingerprint density at radius 2 is 1.70 bits per heavy atom. The first-order valence-corrected chi connectivity index (χ1v) is 8.85. The van der Waals surface area contributed by atoms with Crippen LogP contribution in [0, 0.1) is 0 Å². The third kappa shape index (κ3) is 2.24. The van der Waals surface area contributed by atoms with Gasteiger partial charge in [0.15, 0.2) is 0 Å². The van der Waals surface area contributed by atoms with E-state index in [0.29, 0.717) is 11.5 Å². The van der Waals surface area contributed by atoms with Crippen molar-refractivity contribution in [3.8, 4) is 0 Å². The zero-order valence-corrected chi connectivity index (χ0v) is 8.37. The second-order valence-corrected chi connectivity index (χ2v) is 11.4. The van der Waals surface area contributed by atoms with Crippen LogP contribution in [0.2, 0.25) is 0 Å². The van der Waals surface area contributed by atoms with Gasteiger partial charge in [-0.3, -0.25) is 0 Å². The third-order valence-corrected chi connectivity index (χ3v) is 7.76. The molecule has 0 spiro atoms. The maximum atomic E-state index is 11.0. The summed E-state index contributed by atoms with van der Waals surface area (Å²) in [5, 5.41) is 0. The van der Waals surface area contributed by atoms with Crippen LogP contribution in [0.15, 0.2) is 0 Å². The van der Waals surface area contributed by atoms with E-state index < -0.39 is 17.0 Å². The van der Waals surface area contributed by atoms with Gasteiger partial charge in [-0.2, -0.15) is 0 Å². The molecule has 0 bridgehead atoms. The normalized spacial score (nSPS) is 32.9. The average Bonchev–Trinajstić information content (AvgIpc) is 1.79. The molecule has 0 amide bonds. The Morgan fingerprint density at radius 1 is 1.30 bits per heavy atom. The molecule has 1 saturated heterocycles. The van der Waals surface area contributed by atoms with E-state index in [1.165, 1.54) is 0 Å². The first-order chi connectivity index (χ1) is 4.41. The SMILES string of the molecule is B[PH]1(C)CCS(=O)(=O)CC1. The van der Waals surface area contributed by atoms with Crippen LogP contribution in [0.3, 0.4) is 0 Å². The molecule has 1 aliphatic rings. The molecule has 60 valence electrons. The fraction of sp³-hybridized carbons (Fsp3) is 1.00. The van der Waals surface area contributed by atoms with Crippen LogP contribution < -0.4 is 0 Å². The Kier molecular flexibility index (Phi) is 2.13.